The molecule has 0 N–H and O–H groups in total. The van der Waals surface area contributed by atoms with E-state index in [1.165, 1.54) is 0 Å². The Morgan fingerprint density at radius 3 is 2.45 bits per heavy atom. The van der Waals surface area contributed by atoms with Crippen molar-refractivity contribution in [1.82, 2.24) is 10.1 Å². The van der Waals surface area contributed by atoms with Crippen molar-refractivity contribution >= 4 is 5.97 Å². The molecule has 4 rings (SSSR count). The van der Waals surface area contributed by atoms with Crippen LogP contribution in [0.2, 0.25) is 0 Å². The fourth-order valence-corrected chi connectivity index (χ4v) is 3.14. The van der Waals surface area contributed by atoms with Crippen molar-refractivity contribution < 1.29 is 23.5 Å². The highest BCUT2D eigenvalue weighted by Crippen LogP contribution is 2.31. The van der Waals surface area contributed by atoms with E-state index in [1.54, 1.807) is 44.6 Å². The number of carbonyl (C=O) groups excluding carboxylic acids is 1. The molecule has 31 heavy (non-hydrogen) atoms. The molecule has 1 heterocycles. The monoisotopic (exact) mass is 416 g/mol. The highest BCUT2D eigenvalue weighted by Gasteiger charge is 2.18. The van der Waals surface area contributed by atoms with Crippen LogP contribution in [0, 0.1) is 0 Å². The zero-order valence-corrected chi connectivity index (χ0v) is 17.1. The quantitative estimate of drug-likeness (QED) is 0.401. The number of benzene rings is 3. The zero-order chi connectivity index (χ0) is 21.6. The molecular weight excluding hydrogens is 396 g/mol. The van der Waals surface area contributed by atoms with Crippen molar-refractivity contribution in [1.29, 1.82) is 0 Å². The number of hydrogen-bond acceptors (Lipinski definition) is 7. The molecule has 0 unspecified atom stereocenters. The third kappa shape index (κ3) is 4.40. The van der Waals surface area contributed by atoms with Gasteiger partial charge >= 0.3 is 5.97 Å². The van der Waals surface area contributed by atoms with Gasteiger partial charge in [-0.05, 0) is 29.3 Å². The molecule has 0 fully saturated rings. The first-order chi connectivity index (χ1) is 15.2. The Kier molecular flexibility index (Phi) is 5.93. The van der Waals surface area contributed by atoms with Crippen molar-refractivity contribution in [2.45, 2.75) is 6.61 Å². The Balaban J connectivity index is 1.50. The predicted octanol–water partition coefficient (Wildman–Crippen LogP) is 4.78. The lowest BCUT2D eigenvalue weighted by Crippen LogP contribution is -2.07. The summed E-state index contributed by atoms with van der Waals surface area (Å²) in [6, 6.07) is 22.2. The summed E-state index contributed by atoms with van der Waals surface area (Å²) in [4.78, 5) is 17.0. The number of aromatic nitrogens is 2. The highest BCUT2D eigenvalue weighted by molar-refractivity contribution is 5.97. The van der Waals surface area contributed by atoms with Crippen molar-refractivity contribution in [3.05, 3.63) is 84.3 Å². The number of esters is 1. The lowest BCUT2D eigenvalue weighted by Gasteiger charge is -2.08. The molecule has 0 saturated carbocycles. The molecule has 0 aliphatic heterocycles. The average molecular weight is 416 g/mol. The molecule has 0 bridgehead atoms. The van der Waals surface area contributed by atoms with Crippen LogP contribution in [0.3, 0.4) is 0 Å². The van der Waals surface area contributed by atoms with Crippen molar-refractivity contribution in [3.8, 4) is 34.0 Å². The maximum atomic E-state index is 12.7. The Hall–Kier alpha value is -4.13. The number of hydrogen-bond donors (Lipinski definition) is 0. The fraction of sp³-hybridized carbons (Fsp3) is 0.125. The first-order valence-corrected chi connectivity index (χ1v) is 9.56. The average Bonchev–Trinajstić information content (AvgIpc) is 3.31. The van der Waals surface area contributed by atoms with Gasteiger partial charge < -0.3 is 18.7 Å². The summed E-state index contributed by atoms with van der Waals surface area (Å²) in [5, 5.41) is 3.97. The van der Waals surface area contributed by atoms with Crippen LogP contribution in [0.5, 0.6) is 11.5 Å². The maximum Gasteiger partial charge on any atom is 0.339 e. The molecule has 0 atom stereocenters. The number of methoxy groups -OCH3 is 2. The molecule has 0 aliphatic rings. The van der Waals surface area contributed by atoms with E-state index in [0.29, 0.717) is 28.5 Å². The van der Waals surface area contributed by atoms with E-state index in [4.69, 9.17) is 18.7 Å². The first-order valence-electron chi connectivity index (χ1n) is 9.56. The van der Waals surface area contributed by atoms with Gasteiger partial charge in [0.1, 0.15) is 11.5 Å². The molecule has 7 nitrogen and oxygen atoms in total. The van der Waals surface area contributed by atoms with E-state index in [-0.39, 0.29) is 12.5 Å². The second kappa shape index (κ2) is 9.13. The largest absolute Gasteiger partial charge is 0.497 e. The number of ether oxygens (including phenoxy) is 3. The molecule has 1 aromatic heterocycles. The maximum absolute atomic E-state index is 12.7. The van der Waals surface area contributed by atoms with Crippen LogP contribution in [-0.2, 0) is 11.3 Å². The molecule has 0 amide bonds. The minimum absolute atomic E-state index is 0.145. The van der Waals surface area contributed by atoms with Gasteiger partial charge in [-0.2, -0.15) is 4.98 Å². The summed E-state index contributed by atoms with van der Waals surface area (Å²) in [7, 11) is 3.12. The summed E-state index contributed by atoms with van der Waals surface area (Å²) < 4.78 is 21.3. The second-order valence-corrected chi connectivity index (χ2v) is 6.57. The molecule has 4 aromatic rings. The lowest BCUT2D eigenvalue weighted by atomic mass is 10.00. The normalized spacial score (nSPS) is 10.5. The standard InChI is InChI=1S/C24H20N2O5/c1-28-17-12-13-20(21(14-17)29-2)23-25-22(31-26-23)15-30-24(27)19-11-7-6-10-18(19)16-8-4-3-5-9-16/h3-14H,15H2,1-2H3. The van der Waals surface area contributed by atoms with E-state index in [9.17, 15) is 4.79 Å². The van der Waals surface area contributed by atoms with E-state index in [1.807, 2.05) is 42.5 Å². The van der Waals surface area contributed by atoms with Crippen LogP contribution >= 0.6 is 0 Å². The molecule has 7 heteroatoms. The Bertz CT molecular complexity index is 1190. The van der Waals surface area contributed by atoms with Crippen LogP contribution in [0.4, 0.5) is 0 Å². The zero-order valence-electron chi connectivity index (χ0n) is 17.1. The Morgan fingerprint density at radius 1 is 0.903 bits per heavy atom. The summed E-state index contributed by atoms with van der Waals surface area (Å²) in [5.41, 5.74) is 2.83. The smallest absolute Gasteiger partial charge is 0.339 e. The van der Waals surface area contributed by atoms with Crippen LogP contribution in [0.15, 0.2) is 77.3 Å². The van der Waals surface area contributed by atoms with Crippen LogP contribution in [0.25, 0.3) is 22.5 Å². The van der Waals surface area contributed by atoms with Crippen molar-refractivity contribution in [2.24, 2.45) is 0 Å². The van der Waals surface area contributed by atoms with Gasteiger partial charge in [-0.15, -0.1) is 0 Å². The molecular formula is C24H20N2O5. The SMILES string of the molecule is COc1ccc(-c2noc(COC(=O)c3ccccc3-c3ccccc3)n2)c(OC)c1. The Labute approximate surface area is 179 Å². The molecule has 156 valence electrons. The minimum Gasteiger partial charge on any atom is -0.497 e. The first kappa shape index (κ1) is 20.2. The van der Waals surface area contributed by atoms with Gasteiger partial charge in [0.05, 0.1) is 25.3 Å². The summed E-state index contributed by atoms with van der Waals surface area (Å²) in [5.74, 6) is 1.23. The van der Waals surface area contributed by atoms with Gasteiger partial charge in [0, 0.05) is 6.07 Å². The topological polar surface area (TPSA) is 83.7 Å². The summed E-state index contributed by atoms with van der Waals surface area (Å²) >= 11 is 0. The molecule has 0 spiro atoms. The number of carbonyl (C=O) groups is 1. The summed E-state index contributed by atoms with van der Waals surface area (Å²) in [6.45, 7) is -0.145. The predicted molar refractivity (Wildman–Crippen MR) is 114 cm³/mol. The van der Waals surface area contributed by atoms with Crippen LogP contribution < -0.4 is 9.47 Å². The van der Waals surface area contributed by atoms with E-state index >= 15 is 0 Å². The van der Waals surface area contributed by atoms with E-state index < -0.39 is 5.97 Å². The lowest BCUT2D eigenvalue weighted by molar-refractivity contribution is 0.0430. The van der Waals surface area contributed by atoms with Gasteiger partial charge in [0.15, 0.2) is 6.61 Å². The third-order valence-electron chi connectivity index (χ3n) is 4.68. The second-order valence-electron chi connectivity index (χ2n) is 6.57. The summed E-state index contributed by atoms with van der Waals surface area (Å²) in [6.07, 6.45) is 0. The molecule has 0 saturated heterocycles. The van der Waals surface area contributed by atoms with Crippen LogP contribution in [0.1, 0.15) is 16.2 Å². The number of nitrogens with zero attached hydrogens (tertiary/aromatic N) is 2. The van der Waals surface area contributed by atoms with Gasteiger partial charge in [-0.1, -0.05) is 53.7 Å². The Morgan fingerprint density at radius 2 is 1.68 bits per heavy atom. The van der Waals surface area contributed by atoms with E-state index in [2.05, 4.69) is 10.1 Å². The van der Waals surface area contributed by atoms with Gasteiger partial charge in [-0.3, -0.25) is 0 Å². The van der Waals surface area contributed by atoms with Crippen molar-refractivity contribution in [3.63, 3.8) is 0 Å². The fourth-order valence-electron chi connectivity index (χ4n) is 3.14. The van der Waals surface area contributed by atoms with Crippen LogP contribution in [-0.4, -0.2) is 30.3 Å². The van der Waals surface area contributed by atoms with Gasteiger partial charge in [0.25, 0.3) is 5.89 Å². The number of rotatable bonds is 7. The van der Waals surface area contributed by atoms with Gasteiger partial charge in [0.2, 0.25) is 5.82 Å². The van der Waals surface area contributed by atoms with E-state index in [0.717, 1.165) is 11.1 Å². The molecule has 3 aromatic carbocycles. The molecule has 0 radical (unpaired) electrons. The van der Waals surface area contributed by atoms with Crippen molar-refractivity contribution in [2.75, 3.05) is 14.2 Å². The third-order valence-corrected chi connectivity index (χ3v) is 4.68. The molecule has 0 aliphatic carbocycles. The minimum atomic E-state index is -0.471. The van der Waals surface area contributed by atoms with Gasteiger partial charge in [-0.25, -0.2) is 4.79 Å². The highest BCUT2D eigenvalue weighted by atomic mass is 16.6.